The molecule has 4 nitrogen and oxygen atoms in total. The molecule has 0 spiro atoms. The van der Waals surface area contributed by atoms with Crippen LogP contribution in [0, 0.1) is 0 Å². The summed E-state index contributed by atoms with van der Waals surface area (Å²) in [5, 5.41) is 3.39. The number of hydrogen-bond acceptors (Lipinski definition) is 4. The van der Waals surface area contributed by atoms with Crippen molar-refractivity contribution in [3.63, 3.8) is 0 Å². The van der Waals surface area contributed by atoms with E-state index in [1.165, 1.54) is 11.1 Å². The van der Waals surface area contributed by atoms with Crippen molar-refractivity contribution < 1.29 is 9.47 Å². The van der Waals surface area contributed by atoms with Gasteiger partial charge in [-0.05, 0) is 26.0 Å². The Kier molecular flexibility index (Phi) is 4.13. The van der Waals surface area contributed by atoms with Crippen LogP contribution >= 0.6 is 0 Å². The zero-order valence-corrected chi connectivity index (χ0v) is 12.4. The van der Waals surface area contributed by atoms with Crippen molar-refractivity contribution in [2.75, 3.05) is 32.8 Å². The molecule has 110 valence electrons. The van der Waals surface area contributed by atoms with Crippen molar-refractivity contribution in [2.24, 2.45) is 0 Å². The summed E-state index contributed by atoms with van der Waals surface area (Å²) in [6.07, 6.45) is 1.28. The number of piperazine rings is 1. The highest BCUT2D eigenvalue weighted by atomic mass is 16.5. The van der Waals surface area contributed by atoms with Crippen molar-refractivity contribution in [2.45, 2.75) is 32.9 Å². The molecule has 0 aromatic heterocycles. The minimum Gasteiger partial charge on any atom is -0.494 e. The van der Waals surface area contributed by atoms with E-state index in [-0.39, 0.29) is 6.10 Å². The van der Waals surface area contributed by atoms with Gasteiger partial charge >= 0.3 is 0 Å². The van der Waals surface area contributed by atoms with Crippen molar-refractivity contribution in [3.05, 3.63) is 23.3 Å². The van der Waals surface area contributed by atoms with E-state index in [1.807, 2.05) is 6.92 Å². The second-order valence-corrected chi connectivity index (χ2v) is 5.66. The third kappa shape index (κ3) is 2.91. The Labute approximate surface area is 121 Å². The Morgan fingerprint density at radius 1 is 1.35 bits per heavy atom. The lowest BCUT2D eigenvalue weighted by Crippen LogP contribution is -2.42. The maximum atomic E-state index is 5.88. The fraction of sp³-hybridized carbons (Fsp3) is 0.625. The van der Waals surface area contributed by atoms with Crippen LogP contribution < -0.4 is 14.8 Å². The molecule has 1 aromatic carbocycles. The molecule has 4 heteroatoms. The molecule has 1 unspecified atom stereocenters. The van der Waals surface area contributed by atoms with E-state index >= 15 is 0 Å². The highest BCUT2D eigenvalue weighted by molar-refractivity contribution is 5.48. The summed E-state index contributed by atoms with van der Waals surface area (Å²) in [6.45, 7) is 10.2. The first-order valence-corrected chi connectivity index (χ1v) is 7.64. The topological polar surface area (TPSA) is 33.7 Å². The summed E-state index contributed by atoms with van der Waals surface area (Å²) in [5.74, 6) is 2.08. The third-order valence-electron chi connectivity index (χ3n) is 3.98. The Bertz CT molecular complexity index is 470. The molecular formula is C16H24N2O2. The van der Waals surface area contributed by atoms with Gasteiger partial charge in [0.2, 0.25) is 0 Å². The van der Waals surface area contributed by atoms with Crippen LogP contribution in [0.5, 0.6) is 11.5 Å². The van der Waals surface area contributed by atoms with Gasteiger partial charge in [-0.3, -0.25) is 4.90 Å². The first-order valence-electron chi connectivity index (χ1n) is 7.64. The molecule has 2 heterocycles. The zero-order valence-electron chi connectivity index (χ0n) is 12.4. The van der Waals surface area contributed by atoms with Gasteiger partial charge in [0, 0.05) is 50.3 Å². The number of benzene rings is 1. The fourth-order valence-electron chi connectivity index (χ4n) is 3.01. The Morgan fingerprint density at radius 3 is 2.90 bits per heavy atom. The van der Waals surface area contributed by atoms with Crippen LogP contribution in [0.25, 0.3) is 0 Å². The lowest BCUT2D eigenvalue weighted by Gasteiger charge is -2.28. The summed E-state index contributed by atoms with van der Waals surface area (Å²) >= 11 is 0. The summed E-state index contributed by atoms with van der Waals surface area (Å²) in [4.78, 5) is 2.47. The molecule has 2 aliphatic rings. The van der Waals surface area contributed by atoms with E-state index in [9.17, 15) is 0 Å². The van der Waals surface area contributed by atoms with Crippen LogP contribution in [0.3, 0.4) is 0 Å². The first kappa shape index (κ1) is 13.7. The van der Waals surface area contributed by atoms with Crippen LogP contribution in [0.15, 0.2) is 12.1 Å². The molecule has 3 rings (SSSR count). The van der Waals surface area contributed by atoms with Gasteiger partial charge in [0.15, 0.2) is 0 Å². The van der Waals surface area contributed by atoms with Crippen molar-refractivity contribution in [3.8, 4) is 11.5 Å². The first-order chi connectivity index (χ1) is 9.76. The molecule has 20 heavy (non-hydrogen) atoms. The minimum atomic E-state index is 0.286. The molecule has 0 radical (unpaired) electrons. The largest absolute Gasteiger partial charge is 0.494 e. The highest BCUT2D eigenvalue weighted by Crippen LogP contribution is 2.35. The molecule has 1 aromatic rings. The summed E-state index contributed by atoms with van der Waals surface area (Å²) in [6, 6.07) is 4.37. The quantitative estimate of drug-likeness (QED) is 0.909. The van der Waals surface area contributed by atoms with Crippen molar-refractivity contribution >= 4 is 0 Å². The number of nitrogens with one attached hydrogen (secondary N) is 1. The maximum Gasteiger partial charge on any atom is 0.124 e. The number of rotatable bonds is 4. The number of hydrogen-bond donors (Lipinski definition) is 1. The molecule has 0 bridgehead atoms. The summed E-state index contributed by atoms with van der Waals surface area (Å²) in [7, 11) is 0. The Morgan fingerprint density at radius 2 is 2.15 bits per heavy atom. The Hall–Kier alpha value is -1.26. The number of fused-ring (bicyclic) bond motifs is 1. The predicted molar refractivity (Wildman–Crippen MR) is 79.6 cm³/mol. The molecule has 0 aliphatic carbocycles. The van der Waals surface area contributed by atoms with Gasteiger partial charge in [0.1, 0.15) is 17.6 Å². The van der Waals surface area contributed by atoms with Crippen LogP contribution in [-0.4, -0.2) is 43.8 Å². The average Bonchev–Trinajstić information content (AvgIpc) is 2.80. The lowest BCUT2D eigenvalue weighted by atomic mass is 10.1. The number of nitrogens with zero attached hydrogens (tertiary/aromatic N) is 1. The third-order valence-corrected chi connectivity index (χ3v) is 3.98. The van der Waals surface area contributed by atoms with Gasteiger partial charge in [0.25, 0.3) is 0 Å². The van der Waals surface area contributed by atoms with Gasteiger partial charge < -0.3 is 14.8 Å². The van der Waals surface area contributed by atoms with E-state index in [4.69, 9.17) is 9.47 Å². The van der Waals surface area contributed by atoms with Gasteiger partial charge in [-0.25, -0.2) is 0 Å². The molecule has 1 N–H and O–H groups in total. The van der Waals surface area contributed by atoms with Crippen LogP contribution in [0.4, 0.5) is 0 Å². The monoisotopic (exact) mass is 276 g/mol. The summed E-state index contributed by atoms with van der Waals surface area (Å²) in [5.41, 5.74) is 2.53. The second kappa shape index (κ2) is 6.02. The molecule has 0 amide bonds. The van der Waals surface area contributed by atoms with E-state index in [1.54, 1.807) is 0 Å². The molecule has 0 saturated carbocycles. The maximum absolute atomic E-state index is 5.88. The number of ether oxygens (including phenoxy) is 2. The van der Waals surface area contributed by atoms with Crippen LogP contribution in [0.1, 0.15) is 25.0 Å². The second-order valence-electron chi connectivity index (χ2n) is 5.66. The predicted octanol–water partition coefficient (Wildman–Crippen LogP) is 1.81. The van der Waals surface area contributed by atoms with E-state index in [0.29, 0.717) is 6.61 Å². The zero-order chi connectivity index (χ0) is 13.9. The van der Waals surface area contributed by atoms with Crippen LogP contribution in [-0.2, 0) is 13.0 Å². The highest BCUT2D eigenvalue weighted by Gasteiger charge is 2.22. The molecule has 1 saturated heterocycles. The molecule has 2 aliphatic heterocycles. The Balaban J connectivity index is 1.82. The summed E-state index contributed by atoms with van der Waals surface area (Å²) < 4.78 is 11.7. The van der Waals surface area contributed by atoms with E-state index in [0.717, 1.165) is 50.6 Å². The van der Waals surface area contributed by atoms with Gasteiger partial charge in [-0.2, -0.15) is 0 Å². The smallest absolute Gasteiger partial charge is 0.124 e. The average molecular weight is 276 g/mol. The van der Waals surface area contributed by atoms with Gasteiger partial charge in [0.05, 0.1) is 6.61 Å². The van der Waals surface area contributed by atoms with Gasteiger partial charge in [-0.15, -0.1) is 0 Å². The van der Waals surface area contributed by atoms with Gasteiger partial charge in [-0.1, -0.05) is 0 Å². The van der Waals surface area contributed by atoms with Crippen molar-refractivity contribution in [1.82, 2.24) is 10.2 Å². The minimum absolute atomic E-state index is 0.286. The van der Waals surface area contributed by atoms with Crippen LogP contribution in [0.2, 0.25) is 0 Å². The van der Waals surface area contributed by atoms with E-state index in [2.05, 4.69) is 29.3 Å². The fourth-order valence-corrected chi connectivity index (χ4v) is 3.01. The standard InChI is InChI=1S/C16H24N2O2/c1-3-19-15-9-13-8-12(2)20-16(13)10-14(15)11-18-6-4-17-5-7-18/h9-10,12,17H,3-8,11H2,1-2H3. The normalized spacial score (nSPS) is 22.4. The molecule has 1 atom stereocenters. The lowest BCUT2D eigenvalue weighted by molar-refractivity contribution is 0.227. The molecular weight excluding hydrogens is 252 g/mol. The van der Waals surface area contributed by atoms with Crippen molar-refractivity contribution in [1.29, 1.82) is 0 Å². The van der Waals surface area contributed by atoms with E-state index < -0.39 is 0 Å². The SMILES string of the molecule is CCOc1cc2c(cc1CN1CCNCC1)OC(C)C2. The molecule has 1 fully saturated rings.